The molecule has 0 fully saturated rings. The minimum absolute atomic E-state index is 0.103. The van der Waals surface area contributed by atoms with E-state index in [4.69, 9.17) is 15.7 Å². The molecule has 0 saturated carbocycles. The second kappa shape index (κ2) is 5.55. The summed E-state index contributed by atoms with van der Waals surface area (Å²) in [5, 5.41) is 18.0. The molecule has 1 aromatic carbocycles. The summed E-state index contributed by atoms with van der Waals surface area (Å²) >= 11 is 0. The Balaban J connectivity index is 2.77. The Bertz CT molecular complexity index is 318. The molecule has 0 aliphatic heterocycles. The molecule has 0 saturated heterocycles. The van der Waals surface area contributed by atoms with Crippen molar-refractivity contribution in [3.63, 3.8) is 0 Å². The molecular weight excluding hydrogens is 196 g/mol. The van der Waals surface area contributed by atoms with E-state index < -0.39 is 6.17 Å². The highest BCUT2D eigenvalue weighted by Gasteiger charge is 2.06. The van der Waals surface area contributed by atoms with Gasteiger partial charge in [-0.05, 0) is 24.6 Å². The SMILES string of the molecule is CCOc1cc(CC(N)NO)ccc1O. The van der Waals surface area contributed by atoms with Crippen LogP contribution < -0.4 is 16.0 Å². The van der Waals surface area contributed by atoms with Crippen molar-refractivity contribution in [1.29, 1.82) is 0 Å². The summed E-state index contributed by atoms with van der Waals surface area (Å²) in [4.78, 5) is 0. The first-order valence-corrected chi connectivity index (χ1v) is 4.77. The number of nitrogens with two attached hydrogens (primary N) is 1. The molecule has 0 spiro atoms. The quantitative estimate of drug-likeness (QED) is 0.424. The third kappa shape index (κ3) is 3.39. The van der Waals surface area contributed by atoms with Crippen LogP contribution in [0.25, 0.3) is 0 Å². The smallest absolute Gasteiger partial charge is 0.161 e. The fourth-order valence-corrected chi connectivity index (χ4v) is 1.26. The van der Waals surface area contributed by atoms with Crippen LogP contribution in [-0.4, -0.2) is 23.1 Å². The zero-order chi connectivity index (χ0) is 11.3. The molecule has 1 atom stereocenters. The van der Waals surface area contributed by atoms with Gasteiger partial charge in [0.05, 0.1) is 12.8 Å². The number of ether oxygens (including phenoxy) is 1. The monoisotopic (exact) mass is 212 g/mol. The second-order valence-corrected chi connectivity index (χ2v) is 3.17. The van der Waals surface area contributed by atoms with Gasteiger partial charge in [-0.2, -0.15) is 5.48 Å². The lowest BCUT2D eigenvalue weighted by Crippen LogP contribution is -2.36. The molecule has 0 amide bonds. The Kier molecular flexibility index (Phi) is 4.36. The van der Waals surface area contributed by atoms with Crippen molar-refractivity contribution < 1.29 is 15.1 Å². The predicted molar refractivity (Wildman–Crippen MR) is 55.9 cm³/mol. The average Bonchev–Trinajstić information content (AvgIpc) is 2.23. The Labute approximate surface area is 88.4 Å². The Morgan fingerprint density at radius 2 is 2.27 bits per heavy atom. The Morgan fingerprint density at radius 3 is 2.87 bits per heavy atom. The molecule has 5 nitrogen and oxygen atoms in total. The highest BCUT2D eigenvalue weighted by Crippen LogP contribution is 2.26. The standard InChI is InChI=1S/C10H16N2O3/c1-2-15-9-5-7(3-4-8(9)13)6-10(11)12-14/h3-5,10,12-14H,2,6,11H2,1H3. The van der Waals surface area contributed by atoms with Crippen LogP contribution in [-0.2, 0) is 6.42 Å². The largest absolute Gasteiger partial charge is 0.504 e. The van der Waals surface area contributed by atoms with Crippen LogP contribution in [0.2, 0.25) is 0 Å². The summed E-state index contributed by atoms with van der Waals surface area (Å²) in [6.45, 7) is 2.33. The van der Waals surface area contributed by atoms with Crippen LogP contribution in [0, 0.1) is 0 Å². The third-order valence-electron chi connectivity index (χ3n) is 1.95. The lowest BCUT2D eigenvalue weighted by atomic mass is 10.1. The molecule has 5 N–H and O–H groups in total. The lowest BCUT2D eigenvalue weighted by molar-refractivity contribution is 0.128. The van der Waals surface area contributed by atoms with Gasteiger partial charge < -0.3 is 20.8 Å². The van der Waals surface area contributed by atoms with Crippen molar-refractivity contribution in [1.82, 2.24) is 5.48 Å². The van der Waals surface area contributed by atoms with Gasteiger partial charge in [-0.25, -0.2) is 0 Å². The average molecular weight is 212 g/mol. The number of phenolic OH excluding ortho intramolecular Hbond substituents is 1. The normalized spacial score (nSPS) is 12.5. The van der Waals surface area contributed by atoms with Crippen molar-refractivity contribution in [2.75, 3.05) is 6.61 Å². The maximum absolute atomic E-state index is 9.44. The first-order valence-electron chi connectivity index (χ1n) is 4.77. The maximum Gasteiger partial charge on any atom is 0.161 e. The minimum atomic E-state index is -0.524. The molecule has 5 heteroatoms. The van der Waals surface area contributed by atoms with Crippen LogP contribution in [0.1, 0.15) is 12.5 Å². The summed E-state index contributed by atoms with van der Waals surface area (Å²) in [5.74, 6) is 0.534. The maximum atomic E-state index is 9.44. The van der Waals surface area contributed by atoms with Gasteiger partial charge >= 0.3 is 0 Å². The molecule has 0 aliphatic rings. The van der Waals surface area contributed by atoms with Crippen molar-refractivity contribution in [3.05, 3.63) is 23.8 Å². The van der Waals surface area contributed by atoms with E-state index in [0.717, 1.165) is 5.56 Å². The van der Waals surface area contributed by atoms with E-state index in [9.17, 15) is 5.11 Å². The summed E-state index contributed by atoms with van der Waals surface area (Å²) < 4.78 is 5.22. The second-order valence-electron chi connectivity index (χ2n) is 3.17. The van der Waals surface area contributed by atoms with Crippen molar-refractivity contribution in [2.45, 2.75) is 19.5 Å². The van der Waals surface area contributed by atoms with Gasteiger partial charge in [-0.15, -0.1) is 0 Å². The molecule has 0 aliphatic carbocycles. The number of hydroxylamine groups is 1. The topological polar surface area (TPSA) is 87.7 Å². The zero-order valence-corrected chi connectivity index (χ0v) is 8.60. The minimum Gasteiger partial charge on any atom is -0.504 e. The number of hydrogen-bond acceptors (Lipinski definition) is 5. The lowest BCUT2D eigenvalue weighted by Gasteiger charge is -2.11. The van der Waals surface area contributed by atoms with E-state index in [1.165, 1.54) is 0 Å². The van der Waals surface area contributed by atoms with E-state index in [2.05, 4.69) is 0 Å². The van der Waals surface area contributed by atoms with Crippen LogP contribution in [0.4, 0.5) is 0 Å². The summed E-state index contributed by atoms with van der Waals surface area (Å²) in [6.07, 6.45) is -0.0688. The number of nitrogens with one attached hydrogen (secondary N) is 1. The summed E-state index contributed by atoms with van der Waals surface area (Å²) in [5.41, 5.74) is 8.34. The molecular formula is C10H16N2O3. The van der Waals surface area contributed by atoms with Gasteiger partial charge in [0.15, 0.2) is 11.5 Å². The fraction of sp³-hybridized carbons (Fsp3) is 0.400. The number of benzene rings is 1. The van der Waals surface area contributed by atoms with Gasteiger partial charge in [-0.3, -0.25) is 0 Å². The van der Waals surface area contributed by atoms with Gasteiger partial charge in [-0.1, -0.05) is 6.07 Å². The molecule has 84 valence electrons. The molecule has 1 rings (SSSR count). The van der Waals surface area contributed by atoms with Crippen molar-refractivity contribution >= 4 is 0 Å². The third-order valence-corrected chi connectivity index (χ3v) is 1.95. The number of hydrogen-bond donors (Lipinski definition) is 4. The molecule has 0 heterocycles. The molecule has 1 unspecified atom stereocenters. The Morgan fingerprint density at radius 1 is 1.53 bits per heavy atom. The van der Waals surface area contributed by atoms with E-state index in [0.29, 0.717) is 18.8 Å². The van der Waals surface area contributed by atoms with E-state index >= 15 is 0 Å². The summed E-state index contributed by atoms with van der Waals surface area (Å²) in [6, 6.07) is 4.98. The number of aromatic hydroxyl groups is 1. The first-order chi connectivity index (χ1) is 7.17. The van der Waals surface area contributed by atoms with Crippen LogP contribution >= 0.6 is 0 Å². The van der Waals surface area contributed by atoms with E-state index in [1.54, 1.807) is 18.2 Å². The van der Waals surface area contributed by atoms with Crippen molar-refractivity contribution in [2.24, 2.45) is 5.73 Å². The van der Waals surface area contributed by atoms with Crippen LogP contribution in [0.5, 0.6) is 11.5 Å². The van der Waals surface area contributed by atoms with Crippen LogP contribution in [0.15, 0.2) is 18.2 Å². The Hall–Kier alpha value is -1.30. The predicted octanol–water partition coefficient (Wildman–Crippen LogP) is 0.597. The molecule has 15 heavy (non-hydrogen) atoms. The van der Waals surface area contributed by atoms with Crippen molar-refractivity contribution in [3.8, 4) is 11.5 Å². The zero-order valence-electron chi connectivity index (χ0n) is 8.60. The fourth-order valence-electron chi connectivity index (χ4n) is 1.26. The van der Waals surface area contributed by atoms with Gasteiger partial charge in [0.1, 0.15) is 0 Å². The van der Waals surface area contributed by atoms with E-state index in [-0.39, 0.29) is 5.75 Å². The highest BCUT2D eigenvalue weighted by molar-refractivity contribution is 5.42. The number of phenols is 1. The molecule has 0 radical (unpaired) electrons. The van der Waals surface area contributed by atoms with Gasteiger partial charge in [0.25, 0.3) is 0 Å². The van der Waals surface area contributed by atoms with Gasteiger partial charge in [0, 0.05) is 6.42 Å². The summed E-state index contributed by atoms with van der Waals surface area (Å²) in [7, 11) is 0. The first kappa shape index (κ1) is 11.8. The van der Waals surface area contributed by atoms with Crippen LogP contribution in [0.3, 0.4) is 0 Å². The number of rotatable bonds is 5. The van der Waals surface area contributed by atoms with E-state index in [1.807, 2.05) is 12.4 Å². The highest BCUT2D eigenvalue weighted by atomic mass is 16.5. The van der Waals surface area contributed by atoms with Gasteiger partial charge in [0.2, 0.25) is 0 Å². The molecule has 0 bridgehead atoms. The molecule has 1 aromatic rings. The molecule has 0 aromatic heterocycles.